The zero-order valence-electron chi connectivity index (χ0n) is 19.8. The number of hydrogen-bond acceptors (Lipinski definition) is 6. The Labute approximate surface area is 203 Å². The number of carbonyl (C=O) groups is 2. The van der Waals surface area contributed by atoms with E-state index in [1.807, 2.05) is 13.8 Å². The maximum Gasteiger partial charge on any atom is 0.270 e. The zero-order chi connectivity index (χ0) is 25.4. The fraction of sp³-hybridized carbons (Fsp3) is 0.231. The molecule has 0 spiro atoms. The average molecular weight is 478 g/mol. The molecule has 2 amide bonds. The molecule has 9 nitrogen and oxygen atoms in total. The van der Waals surface area contributed by atoms with E-state index in [1.54, 1.807) is 60.5 Å². The van der Waals surface area contributed by atoms with Crippen molar-refractivity contribution >= 4 is 23.2 Å². The first-order chi connectivity index (χ1) is 16.9. The van der Waals surface area contributed by atoms with Gasteiger partial charge in [0.1, 0.15) is 11.5 Å². The molecule has 0 atom stereocenters. The van der Waals surface area contributed by atoms with Gasteiger partial charge in [-0.3, -0.25) is 19.7 Å². The van der Waals surface area contributed by atoms with Crippen molar-refractivity contribution in [1.29, 1.82) is 0 Å². The first-order valence-corrected chi connectivity index (χ1v) is 11.1. The maximum atomic E-state index is 12.6. The number of nitro groups is 1. The van der Waals surface area contributed by atoms with Crippen LogP contribution in [-0.4, -0.2) is 48.4 Å². The van der Waals surface area contributed by atoms with Crippen molar-refractivity contribution in [3.05, 3.63) is 82.4 Å². The summed E-state index contributed by atoms with van der Waals surface area (Å²) in [5.74, 6) is 0.415. The Kier molecular flexibility index (Phi) is 8.39. The Morgan fingerprint density at radius 3 is 2.34 bits per heavy atom. The Balaban J connectivity index is 1.75. The van der Waals surface area contributed by atoms with Crippen molar-refractivity contribution in [3.8, 4) is 22.6 Å². The lowest BCUT2D eigenvalue weighted by atomic mass is 10.0. The summed E-state index contributed by atoms with van der Waals surface area (Å²) in [5.41, 5.74) is 2.00. The minimum Gasteiger partial charge on any atom is -0.497 e. The van der Waals surface area contributed by atoms with Gasteiger partial charge in [-0.15, -0.1) is 0 Å². The number of nitrogens with zero attached hydrogens (tertiary/aromatic N) is 2. The van der Waals surface area contributed by atoms with E-state index in [1.165, 1.54) is 18.2 Å². The number of benzene rings is 3. The molecule has 1 N–H and O–H groups in total. The average Bonchev–Trinajstić information content (AvgIpc) is 2.88. The van der Waals surface area contributed by atoms with E-state index in [0.717, 1.165) is 0 Å². The van der Waals surface area contributed by atoms with Gasteiger partial charge in [-0.25, -0.2) is 0 Å². The van der Waals surface area contributed by atoms with Crippen LogP contribution in [0.25, 0.3) is 11.1 Å². The molecular weight excluding hydrogens is 450 g/mol. The number of methoxy groups -OCH3 is 1. The normalized spacial score (nSPS) is 10.4. The molecule has 9 heteroatoms. The van der Waals surface area contributed by atoms with Gasteiger partial charge in [0.15, 0.2) is 6.61 Å². The predicted molar refractivity (Wildman–Crippen MR) is 133 cm³/mol. The van der Waals surface area contributed by atoms with Crippen molar-refractivity contribution in [3.63, 3.8) is 0 Å². The highest BCUT2D eigenvalue weighted by atomic mass is 16.6. The summed E-state index contributed by atoms with van der Waals surface area (Å²) in [6, 6.07) is 17.9. The Morgan fingerprint density at radius 2 is 1.71 bits per heavy atom. The number of non-ortho nitro benzene ring substituents is 1. The number of hydrogen-bond donors (Lipinski definition) is 1. The van der Waals surface area contributed by atoms with Crippen LogP contribution in [0.2, 0.25) is 0 Å². The maximum absolute atomic E-state index is 12.6. The van der Waals surface area contributed by atoms with Gasteiger partial charge < -0.3 is 19.7 Å². The standard InChI is InChI=1S/C26H27N3O6/c1-4-28(5-2)26(31)19-7-6-8-20(15-19)27-25(30)17-35-24-14-11-21(29(32)33)16-23(24)18-9-12-22(34-3)13-10-18/h6-16H,4-5,17H2,1-3H3,(H,27,30). The highest BCUT2D eigenvalue weighted by Gasteiger charge is 2.16. The number of nitro benzene ring substituents is 1. The second kappa shape index (κ2) is 11.6. The lowest BCUT2D eigenvalue weighted by Crippen LogP contribution is -2.30. The molecule has 3 aromatic carbocycles. The van der Waals surface area contributed by atoms with Crippen LogP contribution in [0, 0.1) is 10.1 Å². The summed E-state index contributed by atoms with van der Waals surface area (Å²) in [6.45, 7) is 4.66. The van der Waals surface area contributed by atoms with Gasteiger partial charge in [-0.2, -0.15) is 0 Å². The molecule has 0 unspecified atom stereocenters. The minimum atomic E-state index is -0.490. The predicted octanol–water partition coefficient (Wildman–Crippen LogP) is 4.77. The van der Waals surface area contributed by atoms with E-state index in [-0.39, 0.29) is 18.2 Å². The van der Waals surface area contributed by atoms with Crippen LogP contribution in [0.3, 0.4) is 0 Å². The third kappa shape index (κ3) is 6.35. The monoisotopic (exact) mass is 477 g/mol. The highest BCUT2D eigenvalue weighted by Crippen LogP contribution is 2.34. The number of nitrogens with one attached hydrogen (secondary N) is 1. The molecule has 35 heavy (non-hydrogen) atoms. The third-order valence-electron chi connectivity index (χ3n) is 5.38. The first-order valence-electron chi connectivity index (χ1n) is 11.1. The molecule has 0 heterocycles. The fourth-order valence-electron chi connectivity index (χ4n) is 3.52. The number of ether oxygens (including phenoxy) is 2. The molecule has 3 rings (SSSR count). The van der Waals surface area contributed by atoms with E-state index in [2.05, 4.69) is 5.32 Å². The van der Waals surface area contributed by atoms with E-state index in [0.29, 0.717) is 47.0 Å². The van der Waals surface area contributed by atoms with Gasteiger partial charge in [0.05, 0.1) is 12.0 Å². The first kappa shape index (κ1) is 25.2. The van der Waals surface area contributed by atoms with Crippen LogP contribution in [0.5, 0.6) is 11.5 Å². The molecule has 0 fully saturated rings. The van der Waals surface area contributed by atoms with Crippen LogP contribution >= 0.6 is 0 Å². The van der Waals surface area contributed by atoms with Crippen molar-refractivity contribution in [2.24, 2.45) is 0 Å². The largest absolute Gasteiger partial charge is 0.497 e. The van der Waals surface area contributed by atoms with Crippen molar-refractivity contribution in [2.45, 2.75) is 13.8 Å². The van der Waals surface area contributed by atoms with Crippen LogP contribution < -0.4 is 14.8 Å². The Morgan fingerprint density at radius 1 is 1.00 bits per heavy atom. The van der Waals surface area contributed by atoms with E-state index in [4.69, 9.17) is 9.47 Å². The summed E-state index contributed by atoms with van der Waals surface area (Å²) < 4.78 is 10.9. The molecule has 0 radical (unpaired) electrons. The van der Waals surface area contributed by atoms with Gasteiger partial charge >= 0.3 is 0 Å². The highest BCUT2D eigenvalue weighted by molar-refractivity contribution is 5.97. The molecule has 3 aromatic rings. The fourth-order valence-corrected chi connectivity index (χ4v) is 3.52. The number of amides is 2. The summed E-state index contributed by atoms with van der Waals surface area (Å²) in [4.78, 5) is 37.6. The molecule has 0 saturated carbocycles. The quantitative estimate of drug-likeness (QED) is 0.333. The summed E-state index contributed by atoms with van der Waals surface area (Å²) in [5, 5.41) is 14.0. The van der Waals surface area contributed by atoms with E-state index < -0.39 is 10.8 Å². The van der Waals surface area contributed by atoms with Gasteiger partial charge in [0, 0.05) is 42.0 Å². The Hall–Kier alpha value is -4.40. The van der Waals surface area contributed by atoms with Crippen molar-refractivity contribution in [1.82, 2.24) is 4.90 Å². The molecule has 0 aromatic heterocycles. The van der Waals surface area contributed by atoms with Crippen molar-refractivity contribution in [2.75, 3.05) is 32.1 Å². The second-order valence-electron chi connectivity index (χ2n) is 7.56. The zero-order valence-corrected chi connectivity index (χ0v) is 19.8. The Bertz CT molecular complexity index is 1210. The van der Waals surface area contributed by atoms with Crippen LogP contribution in [0.4, 0.5) is 11.4 Å². The van der Waals surface area contributed by atoms with Gasteiger partial charge in [-0.1, -0.05) is 18.2 Å². The van der Waals surface area contributed by atoms with E-state index >= 15 is 0 Å². The van der Waals surface area contributed by atoms with Crippen molar-refractivity contribution < 1.29 is 24.0 Å². The molecule has 0 aliphatic heterocycles. The molecule has 0 aliphatic rings. The topological polar surface area (TPSA) is 111 Å². The molecule has 0 saturated heterocycles. The summed E-state index contributed by atoms with van der Waals surface area (Å²) >= 11 is 0. The van der Waals surface area contributed by atoms with Crippen LogP contribution in [0.15, 0.2) is 66.7 Å². The van der Waals surface area contributed by atoms with Gasteiger partial charge in [-0.05, 0) is 55.8 Å². The van der Waals surface area contributed by atoms with E-state index in [9.17, 15) is 19.7 Å². The summed E-state index contributed by atoms with van der Waals surface area (Å²) in [6.07, 6.45) is 0. The molecule has 0 bridgehead atoms. The third-order valence-corrected chi connectivity index (χ3v) is 5.38. The smallest absolute Gasteiger partial charge is 0.270 e. The van der Waals surface area contributed by atoms with Gasteiger partial charge in [0.25, 0.3) is 17.5 Å². The molecular formula is C26H27N3O6. The summed E-state index contributed by atoms with van der Waals surface area (Å²) in [7, 11) is 1.55. The lowest BCUT2D eigenvalue weighted by Gasteiger charge is -2.19. The van der Waals surface area contributed by atoms with Crippen LogP contribution in [-0.2, 0) is 4.79 Å². The SMILES string of the molecule is CCN(CC)C(=O)c1cccc(NC(=O)COc2ccc([N+](=O)[O-])cc2-c2ccc(OC)cc2)c1. The molecule has 0 aliphatic carbocycles. The molecule has 182 valence electrons. The number of carbonyl (C=O) groups excluding carboxylic acids is 2. The number of rotatable bonds is 10. The van der Waals surface area contributed by atoms with Gasteiger partial charge in [0.2, 0.25) is 0 Å². The van der Waals surface area contributed by atoms with Crippen LogP contribution in [0.1, 0.15) is 24.2 Å². The lowest BCUT2D eigenvalue weighted by molar-refractivity contribution is -0.384. The number of anilines is 1. The minimum absolute atomic E-state index is 0.0951. The second-order valence-corrected chi connectivity index (χ2v) is 7.56.